The number of rotatable bonds is 18. The molecule has 0 spiro atoms. The van der Waals surface area contributed by atoms with Gasteiger partial charge >= 0.3 is 5.97 Å². The number of hydrogen-bond donors (Lipinski definition) is 2. The fourth-order valence-corrected chi connectivity index (χ4v) is 7.99. The Balaban J connectivity index is 1.53. The molecule has 3 atom stereocenters. The van der Waals surface area contributed by atoms with Crippen LogP contribution in [0.4, 0.5) is 0 Å². The van der Waals surface area contributed by atoms with Crippen LogP contribution in [0.5, 0.6) is 0 Å². The highest BCUT2D eigenvalue weighted by molar-refractivity contribution is 7.09. The van der Waals surface area contributed by atoms with Gasteiger partial charge in [0.05, 0.1) is 29.6 Å². The molecule has 0 saturated heterocycles. The van der Waals surface area contributed by atoms with E-state index < -0.39 is 36.0 Å². The third-order valence-corrected chi connectivity index (χ3v) is 10.9. The third-order valence-electron chi connectivity index (χ3n) is 10.1. The van der Waals surface area contributed by atoms with E-state index in [1.54, 1.807) is 43.1 Å². The summed E-state index contributed by atoms with van der Waals surface area (Å²) in [6.07, 6.45) is 13.3. The van der Waals surface area contributed by atoms with Crippen LogP contribution in [0.1, 0.15) is 102 Å². The maximum Gasteiger partial charge on any atom is 0.337 e. The second-order valence-corrected chi connectivity index (χ2v) is 15.4. The first-order chi connectivity index (χ1) is 24.1. The zero-order valence-corrected chi connectivity index (χ0v) is 31.0. The van der Waals surface area contributed by atoms with Gasteiger partial charge in [0.15, 0.2) is 6.10 Å². The first-order valence-electron chi connectivity index (χ1n) is 18.6. The summed E-state index contributed by atoms with van der Waals surface area (Å²) in [7, 11) is 1.69. The molecule has 4 rings (SSSR count). The summed E-state index contributed by atoms with van der Waals surface area (Å²) >= 11 is 1.42. The number of pyridine rings is 1. The minimum Gasteiger partial charge on any atom is -0.461 e. The van der Waals surface area contributed by atoms with E-state index in [1.165, 1.54) is 11.3 Å². The lowest BCUT2D eigenvalue weighted by Gasteiger charge is -2.41. The quantitative estimate of drug-likeness (QED) is 0.207. The molecule has 12 heteroatoms. The molecule has 3 amide bonds. The average molecular weight is 712 g/mol. The van der Waals surface area contributed by atoms with Crippen molar-refractivity contribution < 1.29 is 29.0 Å². The minimum absolute atomic E-state index is 0.146. The van der Waals surface area contributed by atoms with Crippen LogP contribution in [0.3, 0.4) is 0 Å². The Kier molecular flexibility index (Phi) is 16.1. The summed E-state index contributed by atoms with van der Waals surface area (Å²) in [5.74, 6) is -1.91. The molecule has 2 heterocycles. The molecule has 50 heavy (non-hydrogen) atoms. The van der Waals surface area contributed by atoms with Crippen molar-refractivity contribution in [3.8, 4) is 0 Å². The van der Waals surface area contributed by atoms with Crippen LogP contribution in [0.2, 0.25) is 0 Å². The summed E-state index contributed by atoms with van der Waals surface area (Å²) in [4.78, 5) is 66.5. The SMILES string of the molecule is CC(C)OC(=O)[C@H](O)[C@H](CC1CCCCC1)N(CC1CCCCC1)C(=O)[C@@H](CC(=O)NCC(=O)N(C)CCc1ccccn1)Cc1nccs1. The lowest BCUT2D eigenvalue weighted by Crippen LogP contribution is -2.55. The Morgan fingerprint density at radius 2 is 1.68 bits per heavy atom. The van der Waals surface area contributed by atoms with E-state index in [4.69, 9.17) is 4.74 Å². The van der Waals surface area contributed by atoms with E-state index in [9.17, 15) is 24.3 Å². The smallest absolute Gasteiger partial charge is 0.337 e. The van der Waals surface area contributed by atoms with Gasteiger partial charge in [-0.3, -0.25) is 19.4 Å². The second-order valence-electron chi connectivity index (χ2n) is 14.4. The van der Waals surface area contributed by atoms with Gasteiger partial charge in [0.25, 0.3) is 0 Å². The normalized spacial score (nSPS) is 17.5. The molecule has 2 aromatic heterocycles. The van der Waals surface area contributed by atoms with E-state index in [1.807, 2.05) is 23.6 Å². The minimum atomic E-state index is -1.50. The van der Waals surface area contributed by atoms with E-state index in [2.05, 4.69) is 15.3 Å². The highest BCUT2D eigenvalue weighted by atomic mass is 32.1. The number of aliphatic hydroxyl groups is 1. The maximum atomic E-state index is 14.9. The lowest BCUT2D eigenvalue weighted by atomic mass is 9.82. The molecule has 2 saturated carbocycles. The van der Waals surface area contributed by atoms with Gasteiger partial charge in [0.1, 0.15) is 0 Å². The molecule has 276 valence electrons. The van der Waals surface area contributed by atoms with Crippen molar-refractivity contribution in [3.05, 3.63) is 46.7 Å². The van der Waals surface area contributed by atoms with Crippen LogP contribution >= 0.6 is 11.3 Å². The van der Waals surface area contributed by atoms with Crippen molar-refractivity contribution in [2.75, 3.05) is 26.7 Å². The largest absolute Gasteiger partial charge is 0.461 e. The topological polar surface area (TPSA) is 142 Å². The van der Waals surface area contributed by atoms with Crippen molar-refractivity contribution in [1.29, 1.82) is 0 Å². The summed E-state index contributed by atoms with van der Waals surface area (Å²) in [6.45, 7) is 4.18. The Labute approximate surface area is 301 Å². The summed E-state index contributed by atoms with van der Waals surface area (Å²) in [6, 6.07) is 4.88. The van der Waals surface area contributed by atoms with Crippen LogP contribution in [0, 0.1) is 17.8 Å². The van der Waals surface area contributed by atoms with Crippen LogP contribution in [0.15, 0.2) is 36.0 Å². The fourth-order valence-electron chi connectivity index (χ4n) is 7.29. The number of amides is 3. The van der Waals surface area contributed by atoms with Gasteiger partial charge in [0, 0.05) is 62.9 Å². The molecule has 0 aromatic carbocycles. The number of esters is 1. The molecule has 2 aliphatic rings. The van der Waals surface area contributed by atoms with Gasteiger partial charge in [-0.05, 0) is 57.1 Å². The summed E-state index contributed by atoms with van der Waals surface area (Å²) in [5, 5.41) is 16.9. The molecule has 0 unspecified atom stereocenters. The van der Waals surface area contributed by atoms with Crippen LogP contribution in [-0.4, -0.2) is 93.5 Å². The summed E-state index contributed by atoms with van der Waals surface area (Å²) < 4.78 is 5.49. The van der Waals surface area contributed by atoms with Crippen LogP contribution in [0.25, 0.3) is 0 Å². The molecule has 0 aliphatic heterocycles. The number of thiazole rings is 1. The van der Waals surface area contributed by atoms with E-state index in [-0.39, 0.29) is 43.0 Å². The predicted octanol–water partition coefficient (Wildman–Crippen LogP) is 4.96. The molecular weight excluding hydrogens is 655 g/mol. The molecular formula is C38H57N5O6S. The number of likely N-dealkylation sites (N-methyl/N-ethyl adjacent to an activating group) is 1. The van der Waals surface area contributed by atoms with E-state index in [0.29, 0.717) is 25.9 Å². The van der Waals surface area contributed by atoms with Crippen molar-refractivity contribution >= 4 is 35.0 Å². The fraction of sp³-hybridized carbons (Fsp3) is 0.684. The van der Waals surface area contributed by atoms with Gasteiger partial charge in [-0.25, -0.2) is 9.78 Å². The van der Waals surface area contributed by atoms with Gasteiger partial charge in [-0.2, -0.15) is 0 Å². The first kappa shape index (κ1) is 39.4. The standard InChI is InChI=1S/C38H57N5O6S/c1-27(2)49-38(48)36(46)32(22-28-12-6-4-7-13-28)43(26-29-14-8-5-9-15-29)37(47)30(24-34-40-19-21-50-34)23-33(44)41-25-35(45)42(3)20-17-31-16-10-11-18-39-31/h10-11,16,18-19,21,27-30,32,36,46H,4-9,12-15,17,20,22-26H2,1-3H3,(H,41,44)/t30-,32-,36+/m0/s1. The van der Waals surface area contributed by atoms with Gasteiger partial charge < -0.3 is 25.0 Å². The van der Waals surface area contributed by atoms with Gasteiger partial charge in [-0.15, -0.1) is 11.3 Å². The molecule has 2 N–H and O–H groups in total. The van der Waals surface area contributed by atoms with Gasteiger partial charge in [-0.1, -0.05) is 57.4 Å². The van der Waals surface area contributed by atoms with Crippen LogP contribution < -0.4 is 5.32 Å². The van der Waals surface area contributed by atoms with Crippen LogP contribution in [-0.2, 0) is 36.8 Å². The molecule has 2 fully saturated rings. The predicted molar refractivity (Wildman–Crippen MR) is 193 cm³/mol. The number of nitrogens with one attached hydrogen (secondary N) is 1. The van der Waals surface area contributed by atoms with Gasteiger partial charge in [0.2, 0.25) is 17.7 Å². The van der Waals surface area contributed by atoms with E-state index in [0.717, 1.165) is 74.9 Å². The Bertz CT molecular complexity index is 1330. The molecule has 2 aliphatic carbocycles. The Hall–Kier alpha value is -3.38. The molecule has 0 radical (unpaired) electrons. The number of ether oxygens (including phenoxy) is 1. The number of aliphatic hydroxyl groups excluding tert-OH is 1. The van der Waals surface area contributed by atoms with Crippen molar-refractivity contribution in [1.82, 2.24) is 25.1 Å². The average Bonchev–Trinajstić information content (AvgIpc) is 3.64. The third kappa shape index (κ3) is 12.7. The van der Waals surface area contributed by atoms with Crippen molar-refractivity contribution in [2.24, 2.45) is 17.8 Å². The number of nitrogens with zero attached hydrogens (tertiary/aromatic N) is 4. The zero-order chi connectivity index (χ0) is 35.9. The number of carbonyl (C=O) groups is 4. The number of hydrogen-bond acceptors (Lipinski definition) is 9. The Morgan fingerprint density at radius 3 is 2.30 bits per heavy atom. The lowest BCUT2D eigenvalue weighted by molar-refractivity contribution is -0.165. The maximum absolute atomic E-state index is 14.9. The first-order valence-corrected chi connectivity index (χ1v) is 19.5. The van der Waals surface area contributed by atoms with Crippen molar-refractivity contribution in [3.63, 3.8) is 0 Å². The number of carbonyl (C=O) groups excluding carboxylic acids is 4. The summed E-state index contributed by atoms with van der Waals surface area (Å²) in [5.41, 5.74) is 0.877. The highest BCUT2D eigenvalue weighted by Crippen LogP contribution is 2.33. The molecule has 11 nitrogen and oxygen atoms in total. The molecule has 2 aromatic rings. The number of aromatic nitrogens is 2. The second kappa shape index (κ2) is 20.5. The monoisotopic (exact) mass is 711 g/mol. The molecule has 0 bridgehead atoms. The van der Waals surface area contributed by atoms with E-state index >= 15 is 0 Å². The Morgan fingerprint density at radius 1 is 0.980 bits per heavy atom. The zero-order valence-electron chi connectivity index (χ0n) is 30.1. The van der Waals surface area contributed by atoms with Crippen molar-refractivity contribution in [2.45, 2.75) is 122 Å². The highest BCUT2D eigenvalue weighted by Gasteiger charge is 2.41.